The summed E-state index contributed by atoms with van der Waals surface area (Å²) in [5, 5.41) is 0.415. The Balaban J connectivity index is 1.36. The Kier molecular flexibility index (Phi) is 4.98. The number of hydrogen-bond donors (Lipinski definition) is 0. The zero-order valence-electron chi connectivity index (χ0n) is 40.5. The molecule has 0 aliphatic carbocycles. The first-order chi connectivity index (χ1) is 29.3. The molecule has 6 heteroatoms. The molecule has 0 atom stereocenters. The molecule has 4 heterocycles. The van der Waals surface area contributed by atoms with Crippen LogP contribution in [0.2, 0.25) is 13.1 Å². The number of aromatic nitrogens is 3. The molecule has 5 nitrogen and oxygen atoms in total. The van der Waals surface area contributed by atoms with Crippen molar-refractivity contribution >= 4 is 41.2 Å². The lowest BCUT2D eigenvalue weighted by molar-refractivity contribution is 0.457. The van der Waals surface area contributed by atoms with E-state index < -0.39 is 40.0 Å². The van der Waals surface area contributed by atoms with Crippen molar-refractivity contribution in [3.05, 3.63) is 131 Å². The van der Waals surface area contributed by atoms with Crippen molar-refractivity contribution in [2.75, 3.05) is 0 Å². The molecule has 9 rings (SSSR count). The summed E-state index contributed by atoms with van der Waals surface area (Å²) in [5.41, 5.74) is 4.47. The van der Waals surface area contributed by atoms with Crippen LogP contribution in [0, 0.1) is 20.6 Å². The predicted octanol–water partition coefficient (Wildman–Crippen LogP) is 11.7. The summed E-state index contributed by atoms with van der Waals surface area (Å²) in [6.07, 6.45) is -0.296. The first kappa shape index (κ1) is 22.5. The number of ether oxygens (including phenoxy) is 1. The summed E-state index contributed by atoms with van der Waals surface area (Å²) in [4.78, 5) is 9.28. The van der Waals surface area contributed by atoms with Gasteiger partial charge in [0.2, 0.25) is 5.88 Å². The number of benzene rings is 5. The fourth-order valence-corrected chi connectivity index (χ4v) is 10.6. The molecule has 258 valence electrons. The molecule has 0 amide bonds. The fourth-order valence-electron chi connectivity index (χ4n) is 7.77. The lowest BCUT2D eigenvalue weighted by atomic mass is 9.88. The number of hydrogen-bond acceptors (Lipinski definition) is 4. The highest BCUT2D eigenvalue weighted by Gasteiger charge is 2.48. The van der Waals surface area contributed by atoms with Gasteiger partial charge in [-0.1, -0.05) is 94.5 Å². The summed E-state index contributed by atoms with van der Waals surface area (Å²) in [7, 11) is -2.61. The minimum atomic E-state index is -2.76. The van der Waals surface area contributed by atoms with E-state index in [9.17, 15) is 0 Å². The van der Waals surface area contributed by atoms with Crippen molar-refractivity contribution < 1.29 is 24.2 Å². The van der Waals surface area contributed by atoms with Crippen molar-refractivity contribution in [3.63, 3.8) is 0 Å². The fraction of sp³-hybridized carbons (Fsp3) is 0.217. The third-order valence-corrected chi connectivity index (χ3v) is 16.4. The van der Waals surface area contributed by atoms with Crippen molar-refractivity contribution in [3.8, 4) is 45.0 Å². The second-order valence-electron chi connectivity index (χ2n) is 14.5. The van der Waals surface area contributed by atoms with Crippen LogP contribution in [-0.4, -0.2) is 22.4 Å². The second-order valence-corrected chi connectivity index (χ2v) is 19.5. The van der Waals surface area contributed by atoms with Gasteiger partial charge >= 0.3 is 5.84 Å². The minimum absolute atomic E-state index is 0.0301. The van der Waals surface area contributed by atoms with E-state index in [4.69, 9.17) is 24.2 Å². The van der Waals surface area contributed by atoms with Crippen molar-refractivity contribution in [1.82, 2.24) is 14.4 Å². The van der Waals surface area contributed by atoms with Gasteiger partial charge in [0.15, 0.2) is 5.58 Å². The molecule has 0 radical (unpaired) electrons. The van der Waals surface area contributed by atoms with Crippen LogP contribution in [0.1, 0.15) is 63.7 Å². The summed E-state index contributed by atoms with van der Waals surface area (Å²) in [6, 6.07) is 27.2. The third kappa shape index (κ3) is 4.60. The monoisotopic (exact) mass is 708 g/mol. The Labute approximate surface area is 321 Å². The van der Waals surface area contributed by atoms with E-state index in [1.54, 1.807) is 48.7 Å². The maximum atomic E-state index is 8.90. The first-order valence-corrected chi connectivity index (χ1v) is 20.2. The molecule has 8 aromatic rings. The maximum absolute atomic E-state index is 8.90. The number of fused-ring (bicyclic) bond motifs is 7. The summed E-state index contributed by atoms with van der Waals surface area (Å²) in [6.45, 7) is 1.93. The molecule has 0 unspecified atom stereocenters. The highest BCUT2D eigenvalue weighted by molar-refractivity contribution is 6.92. The van der Waals surface area contributed by atoms with Gasteiger partial charge in [0, 0.05) is 38.0 Å². The Morgan fingerprint density at radius 1 is 0.788 bits per heavy atom. The van der Waals surface area contributed by atoms with Gasteiger partial charge in [-0.05, 0) is 118 Å². The van der Waals surface area contributed by atoms with Gasteiger partial charge < -0.3 is 9.15 Å². The van der Waals surface area contributed by atoms with E-state index in [0.29, 0.717) is 44.9 Å². The maximum Gasteiger partial charge on any atom is 0.307 e. The molecule has 0 saturated heterocycles. The largest absolute Gasteiger partial charge is 0.438 e. The minimum Gasteiger partial charge on any atom is -0.438 e. The molecule has 1 aliphatic heterocycles. The normalized spacial score (nSPS) is 18.8. The van der Waals surface area contributed by atoms with Gasteiger partial charge in [-0.15, -0.1) is 0 Å². The quantitative estimate of drug-likeness (QED) is 0.171. The smallest absolute Gasteiger partial charge is 0.307 e. The van der Waals surface area contributed by atoms with E-state index in [2.05, 4.69) is 36.9 Å². The second kappa shape index (κ2) is 11.5. The average Bonchev–Trinajstić information content (AvgIpc) is 3.73. The van der Waals surface area contributed by atoms with E-state index in [0.717, 1.165) is 16.3 Å². The topological polar surface area (TPSA) is 52.6 Å². The molecule has 0 bridgehead atoms. The molecular weight excluding hydrogens is 655 g/mol. The average molecular weight is 709 g/mol. The van der Waals surface area contributed by atoms with Crippen LogP contribution in [0.25, 0.3) is 61.4 Å². The molecule has 52 heavy (non-hydrogen) atoms. The predicted molar refractivity (Wildman–Crippen MR) is 217 cm³/mol. The Hall–Kier alpha value is -5.46. The van der Waals surface area contributed by atoms with Crippen LogP contribution < -0.4 is 9.92 Å². The van der Waals surface area contributed by atoms with Gasteiger partial charge in [0.25, 0.3) is 0 Å². The van der Waals surface area contributed by atoms with E-state index >= 15 is 0 Å². The summed E-state index contributed by atoms with van der Waals surface area (Å²) < 4.78 is 111. The molecule has 3 aromatic heterocycles. The zero-order chi connectivity index (χ0) is 45.4. The standard InChI is InChI=1S/C46H43N3O2Si/c1-9-30-21-22-38-42(51-45-48-36-14-10-11-15-37(36)49(38)45)41(30)32-20-17-28(3)34(26-32)33-25-31(19-16-27(33)2)40-29(4)18-23-39-43(40)50-44-35(13-12-24-47-44)46(5,6)52(39,7)8/h10-26H,9H2,1-8H3/i2D3,3D3,4D3,9D2. The number of nitrogens with zero attached hydrogens (tertiary/aromatic N) is 3. The van der Waals surface area contributed by atoms with Crippen molar-refractivity contribution in [2.45, 2.75) is 65.8 Å². The summed E-state index contributed by atoms with van der Waals surface area (Å²) >= 11 is 0. The Bertz CT molecular complexity index is 3170. The molecule has 0 N–H and O–H groups in total. The molecule has 0 saturated carbocycles. The molecule has 5 aromatic carbocycles. The lowest BCUT2D eigenvalue weighted by Gasteiger charge is -2.39. The van der Waals surface area contributed by atoms with E-state index in [-0.39, 0.29) is 44.8 Å². The Morgan fingerprint density at radius 2 is 1.50 bits per heavy atom. The highest BCUT2D eigenvalue weighted by atomic mass is 28.3. The number of pyridine rings is 1. The van der Waals surface area contributed by atoms with Gasteiger partial charge in [-0.25, -0.2) is 4.98 Å². The SMILES string of the molecule is [2H]C([2H])([2H])c1ccc(-c2c(C([2H])([2H])[2H])ccc3c2Oc2ncccc2C(C)(C)[Si]3(C)C)cc1-c1cc(-c2c(C([2H])([2H])C)ccc3c2oc2nc4ccccc4n23)ccc1C([2H])([2H])[2H]. The molecular formula is C46H43N3O2Si. The van der Waals surface area contributed by atoms with E-state index in [1.807, 2.05) is 46.9 Å². The number of aryl methyl sites for hydroxylation is 4. The third-order valence-electron chi connectivity index (χ3n) is 11.3. The van der Waals surface area contributed by atoms with Crippen LogP contribution >= 0.6 is 0 Å². The number of oxazole rings is 1. The zero-order valence-corrected chi connectivity index (χ0v) is 30.5. The number of para-hydroxylation sites is 2. The van der Waals surface area contributed by atoms with Crippen LogP contribution in [0.3, 0.4) is 0 Å². The number of imidazole rings is 1. The summed E-state index contributed by atoms with van der Waals surface area (Å²) in [5.74, 6) is 0.918. The number of rotatable bonds is 4. The van der Waals surface area contributed by atoms with Gasteiger partial charge in [-0.3, -0.25) is 4.40 Å². The van der Waals surface area contributed by atoms with E-state index in [1.165, 1.54) is 19.1 Å². The van der Waals surface area contributed by atoms with Crippen LogP contribution in [0.4, 0.5) is 0 Å². The van der Waals surface area contributed by atoms with Crippen LogP contribution in [0.15, 0.2) is 108 Å². The van der Waals surface area contributed by atoms with Gasteiger partial charge in [0.1, 0.15) is 5.75 Å². The van der Waals surface area contributed by atoms with Crippen molar-refractivity contribution in [1.29, 1.82) is 0 Å². The first-order valence-electron chi connectivity index (χ1n) is 22.7. The molecule has 0 fully saturated rings. The van der Waals surface area contributed by atoms with Crippen LogP contribution in [0.5, 0.6) is 11.6 Å². The molecule has 0 spiro atoms. The lowest BCUT2D eigenvalue weighted by Crippen LogP contribution is -2.56. The van der Waals surface area contributed by atoms with Crippen LogP contribution in [-0.2, 0) is 11.4 Å². The van der Waals surface area contributed by atoms with Gasteiger partial charge in [0.05, 0.1) is 24.6 Å². The van der Waals surface area contributed by atoms with Crippen molar-refractivity contribution in [2.24, 2.45) is 0 Å². The van der Waals surface area contributed by atoms with Gasteiger partial charge in [-0.2, -0.15) is 4.98 Å². The molecule has 1 aliphatic rings. The highest BCUT2D eigenvalue weighted by Crippen LogP contribution is 2.47. The Morgan fingerprint density at radius 3 is 2.23 bits per heavy atom.